The summed E-state index contributed by atoms with van der Waals surface area (Å²) in [5, 5.41) is 0.791. The summed E-state index contributed by atoms with van der Waals surface area (Å²) in [5.74, 6) is -0.157. The number of nitrogens with zero attached hydrogens (tertiary/aromatic N) is 1. The maximum Gasteiger partial charge on any atom is 0.147 e. The van der Waals surface area contributed by atoms with E-state index in [1.807, 2.05) is 26.0 Å². The minimum absolute atomic E-state index is 0.127. The molecule has 1 aromatic carbocycles. The predicted molar refractivity (Wildman–Crippen MR) is 86.2 cm³/mol. The van der Waals surface area contributed by atoms with Crippen molar-refractivity contribution in [3.63, 3.8) is 0 Å². The molecule has 0 fully saturated rings. The Morgan fingerprint density at radius 3 is 2.40 bits per heavy atom. The zero-order valence-corrected chi connectivity index (χ0v) is 13.6. The summed E-state index contributed by atoms with van der Waals surface area (Å²) in [7, 11) is -0.730. The van der Waals surface area contributed by atoms with Gasteiger partial charge in [-0.3, -0.25) is 0 Å². The van der Waals surface area contributed by atoms with Crippen LogP contribution in [-0.2, 0) is 4.57 Å². The fourth-order valence-electron chi connectivity index (χ4n) is 2.64. The molecule has 4 heteroatoms. The van der Waals surface area contributed by atoms with Crippen LogP contribution in [-0.4, -0.2) is 20.4 Å². The van der Waals surface area contributed by atoms with Gasteiger partial charge in [0.25, 0.3) is 0 Å². The van der Waals surface area contributed by atoms with Crippen LogP contribution in [0, 0.1) is 5.82 Å². The molecule has 0 amide bonds. The molecule has 0 aliphatic carbocycles. The number of allylic oxidation sites excluding steroid dienone is 1. The highest BCUT2D eigenvalue weighted by Crippen LogP contribution is 2.44. The van der Waals surface area contributed by atoms with E-state index >= 15 is 0 Å². The lowest BCUT2D eigenvalue weighted by molar-refractivity contribution is 0.587. The molecule has 0 N–H and O–H groups in total. The van der Waals surface area contributed by atoms with Gasteiger partial charge >= 0.3 is 0 Å². The van der Waals surface area contributed by atoms with Crippen LogP contribution >= 0.6 is 7.14 Å². The van der Waals surface area contributed by atoms with E-state index in [0.29, 0.717) is 5.69 Å². The lowest BCUT2D eigenvalue weighted by Gasteiger charge is -2.30. The summed E-state index contributed by atoms with van der Waals surface area (Å²) < 4.78 is 27.2. The van der Waals surface area contributed by atoms with Crippen molar-refractivity contribution in [1.29, 1.82) is 0 Å². The summed E-state index contributed by atoms with van der Waals surface area (Å²) in [5.41, 5.74) is 2.76. The molecule has 0 unspecified atom stereocenters. The molecule has 20 heavy (non-hydrogen) atoms. The molecule has 0 aromatic heterocycles. The quantitative estimate of drug-likeness (QED) is 0.763. The van der Waals surface area contributed by atoms with Crippen molar-refractivity contribution in [1.82, 2.24) is 0 Å². The number of hydrogen-bond acceptors (Lipinski definition) is 2. The van der Waals surface area contributed by atoms with Gasteiger partial charge in [0.1, 0.15) is 13.0 Å². The lowest BCUT2D eigenvalue weighted by Crippen LogP contribution is -2.26. The highest BCUT2D eigenvalue weighted by molar-refractivity contribution is 7.70. The standard InChI is InChI=1S/C16H21FNOP/c1-10(2)13-9-14(17)15-12(16(13)20(5,6)19)8-7-11(3)18(15)4/h7-10H,3H2,1-2,4-6H3. The Bertz CT molecular complexity index is 655. The second kappa shape index (κ2) is 4.89. The van der Waals surface area contributed by atoms with Gasteiger partial charge in [0.2, 0.25) is 0 Å². The Labute approximate surface area is 120 Å². The fourth-order valence-corrected chi connectivity index (χ4v) is 4.35. The van der Waals surface area contributed by atoms with Crippen molar-refractivity contribution >= 4 is 24.2 Å². The van der Waals surface area contributed by atoms with Crippen LogP contribution in [0.4, 0.5) is 10.1 Å². The van der Waals surface area contributed by atoms with E-state index in [0.717, 1.165) is 22.1 Å². The third-order valence-corrected chi connectivity index (χ3v) is 5.24. The van der Waals surface area contributed by atoms with E-state index in [-0.39, 0.29) is 11.7 Å². The zero-order valence-electron chi connectivity index (χ0n) is 12.7. The second-order valence-electron chi connectivity index (χ2n) is 5.95. The van der Waals surface area contributed by atoms with Gasteiger partial charge in [-0.2, -0.15) is 0 Å². The number of hydrogen-bond donors (Lipinski definition) is 0. The normalized spacial score (nSPS) is 14.9. The molecule has 0 radical (unpaired) electrons. The van der Waals surface area contributed by atoms with Gasteiger partial charge in [0.05, 0.1) is 5.69 Å². The van der Waals surface area contributed by atoms with Gasteiger partial charge in [-0.15, -0.1) is 0 Å². The highest BCUT2D eigenvalue weighted by Gasteiger charge is 2.29. The maximum atomic E-state index is 14.5. The van der Waals surface area contributed by atoms with Crippen molar-refractivity contribution < 1.29 is 8.96 Å². The van der Waals surface area contributed by atoms with Gasteiger partial charge in [0.15, 0.2) is 0 Å². The summed E-state index contributed by atoms with van der Waals surface area (Å²) in [6, 6.07) is 1.53. The van der Waals surface area contributed by atoms with E-state index in [9.17, 15) is 8.96 Å². The molecular weight excluding hydrogens is 272 g/mol. The average Bonchev–Trinajstić information content (AvgIpc) is 2.31. The van der Waals surface area contributed by atoms with E-state index in [2.05, 4.69) is 6.58 Å². The lowest BCUT2D eigenvalue weighted by atomic mass is 9.96. The van der Waals surface area contributed by atoms with Crippen molar-refractivity contribution in [3.8, 4) is 0 Å². The first-order valence-corrected chi connectivity index (χ1v) is 9.27. The first-order chi connectivity index (χ1) is 9.14. The Morgan fingerprint density at radius 1 is 1.30 bits per heavy atom. The van der Waals surface area contributed by atoms with Crippen LogP contribution in [0.2, 0.25) is 0 Å². The van der Waals surface area contributed by atoms with Crippen LogP contribution in [0.1, 0.15) is 30.9 Å². The highest BCUT2D eigenvalue weighted by atomic mass is 31.2. The molecular formula is C16H21FNOP. The van der Waals surface area contributed by atoms with Gasteiger partial charge in [-0.1, -0.05) is 20.4 Å². The first kappa shape index (κ1) is 15.1. The summed E-state index contributed by atoms with van der Waals surface area (Å²) in [4.78, 5) is 1.72. The molecule has 0 saturated heterocycles. The van der Waals surface area contributed by atoms with Gasteiger partial charge in [-0.05, 0) is 43.0 Å². The molecule has 108 valence electrons. The van der Waals surface area contributed by atoms with Gasteiger partial charge in [-0.25, -0.2) is 4.39 Å². The van der Waals surface area contributed by atoms with E-state index in [1.165, 1.54) is 6.07 Å². The van der Waals surface area contributed by atoms with E-state index in [4.69, 9.17) is 0 Å². The SMILES string of the molecule is C=C1C=Cc2c(c(F)cc(C(C)C)c2P(C)(C)=O)N1C. The predicted octanol–water partition coefficient (Wildman–Crippen LogP) is 4.17. The van der Waals surface area contributed by atoms with Crippen LogP contribution in [0.25, 0.3) is 6.08 Å². The molecule has 2 nitrogen and oxygen atoms in total. The summed E-state index contributed by atoms with van der Waals surface area (Å²) in [6.07, 6.45) is 3.67. The smallest absolute Gasteiger partial charge is 0.147 e. The Kier molecular flexibility index (Phi) is 3.68. The van der Waals surface area contributed by atoms with Crippen molar-refractivity contribution in [2.24, 2.45) is 0 Å². The number of rotatable bonds is 2. The minimum Gasteiger partial charge on any atom is -0.342 e. The summed E-state index contributed by atoms with van der Waals surface area (Å²) in [6.45, 7) is 11.4. The van der Waals surface area contributed by atoms with Crippen LogP contribution < -0.4 is 10.2 Å². The third kappa shape index (κ3) is 2.35. The Balaban J connectivity index is 2.90. The molecule has 1 aliphatic heterocycles. The molecule has 1 heterocycles. The first-order valence-electron chi connectivity index (χ1n) is 6.67. The molecule has 1 aromatic rings. The monoisotopic (exact) mass is 293 g/mol. The molecule has 0 bridgehead atoms. The minimum atomic E-state index is -2.51. The molecule has 0 saturated carbocycles. The van der Waals surface area contributed by atoms with Gasteiger partial charge < -0.3 is 9.46 Å². The average molecular weight is 293 g/mol. The van der Waals surface area contributed by atoms with Crippen molar-refractivity contribution in [2.75, 3.05) is 25.3 Å². The fraction of sp³-hybridized carbons (Fsp3) is 0.375. The molecule has 2 rings (SSSR count). The van der Waals surface area contributed by atoms with E-state index in [1.54, 1.807) is 25.3 Å². The number of fused-ring (bicyclic) bond motifs is 1. The number of anilines is 1. The third-order valence-electron chi connectivity index (χ3n) is 3.66. The van der Waals surface area contributed by atoms with Crippen molar-refractivity contribution in [2.45, 2.75) is 19.8 Å². The molecule has 0 spiro atoms. The maximum absolute atomic E-state index is 14.5. The van der Waals surface area contributed by atoms with Crippen molar-refractivity contribution in [3.05, 3.63) is 41.4 Å². The van der Waals surface area contributed by atoms with Crippen LogP contribution in [0.15, 0.2) is 24.4 Å². The number of benzene rings is 1. The van der Waals surface area contributed by atoms with Crippen LogP contribution in [0.5, 0.6) is 0 Å². The largest absolute Gasteiger partial charge is 0.342 e. The number of halogens is 1. The Morgan fingerprint density at radius 2 is 1.90 bits per heavy atom. The summed E-state index contributed by atoms with van der Waals surface area (Å²) >= 11 is 0. The topological polar surface area (TPSA) is 20.3 Å². The van der Waals surface area contributed by atoms with E-state index < -0.39 is 7.14 Å². The molecule has 1 aliphatic rings. The second-order valence-corrected chi connectivity index (χ2v) is 9.10. The number of likely N-dealkylation sites (N-methyl/N-ethyl adjacent to an activating group) is 1. The Hall–Kier alpha value is -1.34. The molecule has 0 atom stereocenters. The van der Waals surface area contributed by atoms with Crippen LogP contribution in [0.3, 0.4) is 0 Å². The zero-order chi connectivity index (χ0) is 15.2. The van der Waals surface area contributed by atoms with Gasteiger partial charge in [0, 0.05) is 23.6 Å².